The minimum atomic E-state index is -1.72. The van der Waals surface area contributed by atoms with Crippen LogP contribution in [0.4, 0.5) is 0 Å². The predicted molar refractivity (Wildman–Crippen MR) is 123 cm³/mol. The van der Waals surface area contributed by atoms with Gasteiger partial charge in [-0.3, -0.25) is 0 Å². The Hall–Kier alpha value is 0.354. The number of unbranched alkanes of at least 4 members (excludes halogenated alkanes) is 1. The third-order valence-electron chi connectivity index (χ3n) is 6.20. The SMILES string of the molecule is CC(C)O[Si](CCCC[Si](OC(C)C)(C(C)C)C(C)C)(C(C)C)C(C)C. The Bertz CT molecular complexity index is 324. The summed E-state index contributed by atoms with van der Waals surface area (Å²) in [6.45, 7) is 27.9. The Labute approximate surface area is 168 Å². The van der Waals surface area contributed by atoms with Crippen LogP contribution in [0.3, 0.4) is 0 Å². The monoisotopic (exact) mass is 402 g/mol. The van der Waals surface area contributed by atoms with E-state index in [2.05, 4.69) is 83.1 Å². The number of rotatable bonds is 13. The topological polar surface area (TPSA) is 18.5 Å². The zero-order chi connectivity index (χ0) is 20.7. The average Bonchev–Trinajstić information content (AvgIpc) is 2.46. The molecule has 0 bridgehead atoms. The summed E-state index contributed by atoms with van der Waals surface area (Å²) in [6, 6.07) is 2.59. The standard InChI is InChI=1S/C22H50O2Si2/c1-17(2)23-25(19(5)6,20(7)8)15-13-14-16-26(21(9)10,22(11)12)24-18(3)4/h17-22H,13-16H2,1-12H3. The minimum absolute atomic E-state index is 0.343. The zero-order valence-corrected chi connectivity index (χ0v) is 22.1. The molecule has 0 aromatic carbocycles. The van der Waals surface area contributed by atoms with Crippen LogP contribution in [0.1, 0.15) is 95.9 Å². The maximum absolute atomic E-state index is 6.67. The molecule has 0 spiro atoms. The van der Waals surface area contributed by atoms with Crippen molar-refractivity contribution in [2.75, 3.05) is 0 Å². The first-order valence-corrected chi connectivity index (χ1v) is 15.7. The van der Waals surface area contributed by atoms with Gasteiger partial charge in [-0.1, -0.05) is 68.2 Å². The third-order valence-corrected chi connectivity index (χ3v) is 18.1. The van der Waals surface area contributed by atoms with Crippen molar-refractivity contribution in [3.8, 4) is 0 Å². The predicted octanol–water partition coefficient (Wildman–Crippen LogP) is 8.15. The summed E-state index contributed by atoms with van der Waals surface area (Å²) in [5.74, 6) is 0. The molecular weight excluding hydrogens is 352 g/mol. The third kappa shape index (κ3) is 7.07. The second kappa shape index (κ2) is 11.4. The van der Waals surface area contributed by atoms with E-state index in [-0.39, 0.29) is 0 Å². The van der Waals surface area contributed by atoms with E-state index in [1.165, 1.54) is 24.9 Å². The first-order chi connectivity index (χ1) is 11.8. The number of hydrogen-bond donors (Lipinski definition) is 0. The lowest BCUT2D eigenvalue weighted by atomic mass is 10.4. The van der Waals surface area contributed by atoms with E-state index < -0.39 is 16.6 Å². The van der Waals surface area contributed by atoms with Gasteiger partial charge < -0.3 is 8.85 Å². The van der Waals surface area contributed by atoms with E-state index in [0.717, 1.165) is 0 Å². The van der Waals surface area contributed by atoms with Gasteiger partial charge in [0.15, 0.2) is 16.6 Å². The molecule has 0 aliphatic rings. The summed E-state index contributed by atoms with van der Waals surface area (Å²) in [7, 11) is -3.44. The van der Waals surface area contributed by atoms with Gasteiger partial charge in [0.05, 0.1) is 0 Å². The lowest BCUT2D eigenvalue weighted by Crippen LogP contribution is -2.47. The molecule has 0 saturated heterocycles. The summed E-state index contributed by atoms with van der Waals surface area (Å²) < 4.78 is 13.3. The maximum Gasteiger partial charge on any atom is 0.198 e. The smallest absolute Gasteiger partial charge is 0.198 e. The Morgan fingerprint density at radius 2 is 0.692 bits per heavy atom. The molecule has 158 valence electrons. The van der Waals surface area contributed by atoms with Gasteiger partial charge in [0.1, 0.15) is 0 Å². The highest BCUT2D eigenvalue weighted by atomic mass is 28.4. The van der Waals surface area contributed by atoms with E-state index in [4.69, 9.17) is 8.85 Å². The van der Waals surface area contributed by atoms with Gasteiger partial charge in [0.2, 0.25) is 0 Å². The summed E-state index contributed by atoms with van der Waals surface area (Å²) in [5, 5.41) is 0. The molecule has 0 radical (unpaired) electrons. The van der Waals surface area contributed by atoms with Gasteiger partial charge in [-0.2, -0.15) is 0 Å². The Morgan fingerprint density at radius 1 is 0.462 bits per heavy atom. The van der Waals surface area contributed by atoms with Crippen LogP contribution in [-0.4, -0.2) is 28.8 Å². The van der Waals surface area contributed by atoms with E-state index in [1.807, 2.05) is 0 Å². The van der Waals surface area contributed by atoms with Gasteiger partial charge >= 0.3 is 0 Å². The molecule has 0 fully saturated rings. The zero-order valence-electron chi connectivity index (χ0n) is 20.1. The molecule has 0 N–H and O–H groups in total. The van der Waals surface area contributed by atoms with Crippen LogP contribution in [0.5, 0.6) is 0 Å². The fourth-order valence-corrected chi connectivity index (χ4v) is 14.5. The van der Waals surface area contributed by atoms with Crippen LogP contribution in [0.25, 0.3) is 0 Å². The largest absolute Gasteiger partial charge is 0.414 e. The Balaban J connectivity index is 5.13. The lowest BCUT2D eigenvalue weighted by Gasteiger charge is -2.42. The van der Waals surface area contributed by atoms with E-state index in [1.54, 1.807) is 0 Å². The molecule has 0 aromatic rings. The minimum Gasteiger partial charge on any atom is -0.414 e. The summed E-state index contributed by atoms with van der Waals surface area (Å²) in [4.78, 5) is 0. The van der Waals surface area contributed by atoms with Crippen molar-refractivity contribution >= 4 is 16.6 Å². The molecule has 0 heterocycles. The van der Waals surface area contributed by atoms with E-state index in [0.29, 0.717) is 34.4 Å². The molecule has 4 heteroatoms. The first-order valence-electron chi connectivity index (χ1n) is 11.2. The van der Waals surface area contributed by atoms with Crippen molar-refractivity contribution in [3.63, 3.8) is 0 Å². The lowest BCUT2D eigenvalue weighted by molar-refractivity contribution is 0.210. The van der Waals surface area contributed by atoms with Crippen LogP contribution in [-0.2, 0) is 8.85 Å². The van der Waals surface area contributed by atoms with Crippen LogP contribution in [0, 0.1) is 0 Å². The van der Waals surface area contributed by atoms with Gasteiger partial charge in [0, 0.05) is 12.2 Å². The van der Waals surface area contributed by atoms with Crippen molar-refractivity contribution in [3.05, 3.63) is 0 Å². The quantitative estimate of drug-likeness (QED) is 0.228. The van der Waals surface area contributed by atoms with Crippen molar-refractivity contribution in [2.45, 2.75) is 142 Å². The Morgan fingerprint density at radius 3 is 0.846 bits per heavy atom. The van der Waals surface area contributed by atoms with Crippen LogP contribution in [0.2, 0.25) is 34.3 Å². The van der Waals surface area contributed by atoms with Crippen molar-refractivity contribution in [1.82, 2.24) is 0 Å². The summed E-state index contributed by atoms with van der Waals surface area (Å²) >= 11 is 0. The molecule has 0 saturated carbocycles. The molecule has 0 aromatic heterocycles. The van der Waals surface area contributed by atoms with Gasteiger partial charge in [0.25, 0.3) is 0 Å². The fraction of sp³-hybridized carbons (Fsp3) is 1.00. The average molecular weight is 403 g/mol. The van der Waals surface area contributed by atoms with Crippen molar-refractivity contribution in [2.24, 2.45) is 0 Å². The highest BCUT2D eigenvalue weighted by molar-refractivity contribution is 6.77. The van der Waals surface area contributed by atoms with Gasteiger partial charge in [-0.15, -0.1) is 0 Å². The van der Waals surface area contributed by atoms with Crippen LogP contribution < -0.4 is 0 Å². The summed E-state index contributed by atoms with van der Waals surface area (Å²) in [6.07, 6.45) is 3.28. The van der Waals surface area contributed by atoms with Gasteiger partial charge in [-0.05, 0) is 61.9 Å². The molecule has 0 rings (SSSR count). The van der Waals surface area contributed by atoms with E-state index in [9.17, 15) is 0 Å². The van der Waals surface area contributed by atoms with E-state index >= 15 is 0 Å². The maximum atomic E-state index is 6.67. The van der Waals surface area contributed by atoms with Crippen molar-refractivity contribution in [1.29, 1.82) is 0 Å². The highest BCUT2D eigenvalue weighted by Crippen LogP contribution is 2.42. The normalized spacial score (nSPS) is 14.1. The molecule has 26 heavy (non-hydrogen) atoms. The second-order valence-electron chi connectivity index (χ2n) is 10.1. The molecule has 0 aliphatic heterocycles. The number of hydrogen-bond acceptors (Lipinski definition) is 2. The molecule has 0 aliphatic carbocycles. The molecule has 2 nitrogen and oxygen atoms in total. The van der Waals surface area contributed by atoms with Crippen LogP contribution >= 0.6 is 0 Å². The molecule has 0 atom stereocenters. The molecular formula is C22H50O2Si2. The molecule has 0 unspecified atom stereocenters. The summed E-state index contributed by atoms with van der Waals surface area (Å²) in [5.41, 5.74) is 2.70. The molecule has 0 amide bonds. The van der Waals surface area contributed by atoms with Crippen molar-refractivity contribution < 1.29 is 8.85 Å². The second-order valence-corrected chi connectivity index (χ2v) is 20.0. The van der Waals surface area contributed by atoms with Gasteiger partial charge in [-0.25, -0.2) is 0 Å². The Kier molecular flexibility index (Phi) is 11.5. The van der Waals surface area contributed by atoms with Crippen LogP contribution in [0.15, 0.2) is 0 Å². The fourth-order valence-electron chi connectivity index (χ4n) is 4.83. The first kappa shape index (κ1) is 26.4. The highest BCUT2D eigenvalue weighted by Gasteiger charge is 2.44.